The Bertz CT molecular complexity index is 533. The summed E-state index contributed by atoms with van der Waals surface area (Å²) in [4.78, 5) is 25.7. The molecule has 0 aliphatic heterocycles. The fourth-order valence-electron chi connectivity index (χ4n) is 1.78. The zero-order valence-electron chi connectivity index (χ0n) is 11.6. The summed E-state index contributed by atoms with van der Waals surface area (Å²) in [6.07, 6.45) is 0.725. The van der Waals surface area contributed by atoms with Crippen molar-refractivity contribution < 1.29 is 5.11 Å². The molecular formula is C12H22N4O3. The number of nitrogens with zero attached hydrogens (tertiary/aromatic N) is 1. The molecule has 19 heavy (non-hydrogen) atoms. The topological polar surface area (TPSA) is 113 Å². The van der Waals surface area contributed by atoms with Gasteiger partial charge in [0.2, 0.25) is 0 Å². The van der Waals surface area contributed by atoms with E-state index in [0.717, 1.165) is 6.42 Å². The number of aliphatic hydroxyl groups is 1. The lowest BCUT2D eigenvalue weighted by Crippen LogP contribution is -2.38. The largest absolute Gasteiger partial charge is 0.394 e. The van der Waals surface area contributed by atoms with Crippen molar-refractivity contribution in [1.82, 2.24) is 9.55 Å². The molecule has 0 radical (unpaired) electrons. The third kappa shape index (κ3) is 3.37. The molecule has 0 saturated heterocycles. The van der Waals surface area contributed by atoms with Crippen LogP contribution in [0, 0.1) is 5.92 Å². The maximum absolute atomic E-state index is 11.8. The van der Waals surface area contributed by atoms with Crippen LogP contribution in [-0.4, -0.2) is 27.3 Å². The summed E-state index contributed by atoms with van der Waals surface area (Å²) in [5.74, 6) is 0.227. The second-order valence-electron chi connectivity index (χ2n) is 4.85. The molecule has 1 aromatic rings. The Labute approximate surface area is 111 Å². The molecule has 0 aliphatic carbocycles. The van der Waals surface area contributed by atoms with Gasteiger partial charge in [-0.05, 0) is 12.3 Å². The third-order valence-corrected chi connectivity index (χ3v) is 3.02. The molecule has 0 amide bonds. The zero-order valence-corrected chi connectivity index (χ0v) is 11.6. The fourth-order valence-corrected chi connectivity index (χ4v) is 1.78. The molecule has 0 unspecified atom stereocenters. The Hall–Kier alpha value is -1.76. The molecule has 7 nitrogen and oxygen atoms in total. The van der Waals surface area contributed by atoms with Crippen molar-refractivity contribution in [3.63, 3.8) is 0 Å². The molecule has 1 aromatic heterocycles. The van der Waals surface area contributed by atoms with Gasteiger partial charge in [-0.25, -0.2) is 4.79 Å². The summed E-state index contributed by atoms with van der Waals surface area (Å²) < 4.78 is 1.32. The van der Waals surface area contributed by atoms with Crippen LogP contribution in [0.15, 0.2) is 9.59 Å². The van der Waals surface area contributed by atoms with Gasteiger partial charge in [-0.3, -0.25) is 14.3 Å². The first-order valence-electron chi connectivity index (χ1n) is 6.42. The average Bonchev–Trinajstić information content (AvgIpc) is 2.34. The molecule has 0 aliphatic rings. The zero-order chi connectivity index (χ0) is 14.6. The number of aromatic amines is 1. The predicted molar refractivity (Wildman–Crippen MR) is 75.4 cm³/mol. The Kier molecular flexibility index (Phi) is 5.17. The van der Waals surface area contributed by atoms with Gasteiger partial charge in [-0.15, -0.1) is 0 Å². The van der Waals surface area contributed by atoms with Gasteiger partial charge >= 0.3 is 5.69 Å². The van der Waals surface area contributed by atoms with Crippen LogP contribution < -0.4 is 22.3 Å². The molecule has 0 bridgehead atoms. The molecule has 0 spiro atoms. The van der Waals surface area contributed by atoms with Crippen LogP contribution in [0.25, 0.3) is 0 Å². The Morgan fingerprint density at radius 1 is 1.42 bits per heavy atom. The molecule has 0 saturated carbocycles. The van der Waals surface area contributed by atoms with Crippen LogP contribution in [0.4, 0.5) is 11.5 Å². The molecule has 1 heterocycles. The number of nitrogens with one attached hydrogen (secondary N) is 2. The van der Waals surface area contributed by atoms with E-state index in [0.29, 0.717) is 6.54 Å². The van der Waals surface area contributed by atoms with Crippen molar-refractivity contribution in [2.75, 3.05) is 17.7 Å². The molecule has 0 aromatic carbocycles. The minimum Gasteiger partial charge on any atom is -0.394 e. The highest BCUT2D eigenvalue weighted by atomic mass is 16.3. The molecule has 0 fully saturated rings. The van der Waals surface area contributed by atoms with Gasteiger partial charge in [0.25, 0.3) is 5.56 Å². The monoisotopic (exact) mass is 270 g/mol. The maximum atomic E-state index is 11.8. The van der Waals surface area contributed by atoms with Crippen LogP contribution in [-0.2, 0) is 6.54 Å². The van der Waals surface area contributed by atoms with Crippen molar-refractivity contribution in [3.05, 3.63) is 20.8 Å². The lowest BCUT2D eigenvalue weighted by Gasteiger charge is -2.22. The quantitative estimate of drug-likeness (QED) is 0.579. The number of hydrogen-bond donors (Lipinski definition) is 4. The Morgan fingerprint density at radius 3 is 2.53 bits per heavy atom. The van der Waals surface area contributed by atoms with E-state index in [2.05, 4.69) is 10.3 Å². The highest BCUT2D eigenvalue weighted by Gasteiger charge is 2.18. The van der Waals surface area contributed by atoms with Crippen molar-refractivity contribution in [2.24, 2.45) is 5.92 Å². The highest BCUT2D eigenvalue weighted by Crippen LogP contribution is 2.14. The number of rotatable bonds is 6. The maximum Gasteiger partial charge on any atom is 0.330 e. The van der Waals surface area contributed by atoms with Crippen LogP contribution in [0.2, 0.25) is 0 Å². The van der Waals surface area contributed by atoms with Crippen molar-refractivity contribution in [3.8, 4) is 0 Å². The van der Waals surface area contributed by atoms with Gasteiger partial charge in [-0.2, -0.15) is 0 Å². The number of H-pyrrole nitrogens is 1. The highest BCUT2D eigenvalue weighted by molar-refractivity contribution is 5.60. The summed E-state index contributed by atoms with van der Waals surface area (Å²) in [6.45, 7) is 6.06. The second kappa shape index (κ2) is 6.42. The predicted octanol–water partition coefficient (Wildman–Crippen LogP) is -0.0424. The van der Waals surface area contributed by atoms with Crippen molar-refractivity contribution in [2.45, 2.75) is 39.8 Å². The molecule has 5 N–H and O–H groups in total. The smallest absolute Gasteiger partial charge is 0.330 e. The number of hydrogen-bond acceptors (Lipinski definition) is 5. The number of aliphatic hydroxyl groups excluding tert-OH is 1. The van der Waals surface area contributed by atoms with E-state index in [1.54, 1.807) is 0 Å². The van der Waals surface area contributed by atoms with Gasteiger partial charge in [0, 0.05) is 6.54 Å². The summed E-state index contributed by atoms with van der Waals surface area (Å²) >= 11 is 0. The standard InChI is InChI=1S/C12H22N4O3/c1-4-5-16-10(13)9(11(18)15-12(16)19)14-8(6-17)7(2)3/h7-8,14,17H,4-6,13H2,1-3H3,(H,15,18,19)/t8-/m1/s1. The van der Waals surface area contributed by atoms with E-state index in [-0.39, 0.29) is 30.1 Å². The van der Waals surface area contributed by atoms with Crippen molar-refractivity contribution in [1.29, 1.82) is 0 Å². The SMILES string of the molecule is CCCn1c(N)c(N[C@H](CO)C(C)C)c(=O)[nH]c1=O. The van der Waals surface area contributed by atoms with Crippen molar-refractivity contribution >= 4 is 11.5 Å². The Balaban J connectivity index is 3.24. The normalized spacial score (nSPS) is 12.7. The number of nitrogen functional groups attached to an aromatic ring is 1. The van der Waals surface area contributed by atoms with Gasteiger partial charge in [0.15, 0.2) is 0 Å². The number of aromatic nitrogens is 2. The minimum absolute atomic E-state index is 0.106. The summed E-state index contributed by atoms with van der Waals surface area (Å²) in [5.41, 5.74) is 4.94. The minimum atomic E-state index is -0.561. The summed E-state index contributed by atoms with van der Waals surface area (Å²) in [5, 5.41) is 12.2. The first-order valence-corrected chi connectivity index (χ1v) is 6.42. The first kappa shape index (κ1) is 15.3. The van der Waals surface area contributed by atoms with Crippen LogP contribution in [0.1, 0.15) is 27.2 Å². The van der Waals surface area contributed by atoms with Gasteiger partial charge < -0.3 is 16.2 Å². The molecule has 1 atom stereocenters. The van der Waals surface area contributed by atoms with E-state index in [9.17, 15) is 14.7 Å². The van der Waals surface area contributed by atoms with E-state index >= 15 is 0 Å². The van der Waals surface area contributed by atoms with Crippen LogP contribution in [0.3, 0.4) is 0 Å². The van der Waals surface area contributed by atoms with Crippen LogP contribution >= 0.6 is 0 Å². The first-order chi connectivity index (χ1) is 8.92. The molecular weight excluding hydrogens is 248 g/mol. The Morgan fingerprint density at radius 2 is 2.05 bits per heavy atom. The lowest BCUT2D eigenvalue weighted by molar-refractivity contribution is 0.249. The average molecular weight is 270 g/mol. The molecule has 1 rings (SSSR count). The van der Waals surface area contributed by atoms with E-state index in [1.165, 1.54) is 4.57 Å². The van der Waals surface area contributed by atoms with Gasteiger partial charge in [-0.1, -0.05) is 20.8 Å². The fraction of sp³-hybridized carbons (Fsp3) is 0.667. The molecule has 7 heteroatoms. The summed E-state index contributed by atoms with van der Waals surface area (Å²) in [6, 6.07) is -0.295. The lowest BCUT2D eigenvalue weighted by atomic mass is 10.1. The van der Waals surface area contributed by atoms with E-state index in [4.69, 9.17) is 5.73 Å². The molecule has 108 valence electrons. The number of nitrogens with two attached hydrogens (primary N) is 1. The van der Waals surface area contributed by atoms with E-state index in [1.807, 2.05) is 20.8 Å². The number of anilines is 2. The second-order valence-corrected chi connectivity index (χ2v) is 4.85. The van der Waals surface area contributed by atoms with Gasteiger partial charge in [0.1, 0.15) is 11.5 Å². The summed E-state index contributed by atoms with van der Waals surface area (Å²) in [7, 11) is 0. The van der Waals surface area contributed by atoms with E-state index < -0.39 is 11.2 Å². The third-order valence-electron chi connectivity index (χ3n) is 3.02. The van der Waals surface area contributed by atoms with Crippen LogP contribution in [0.5, 0.6) is 0 Å². The van der Waals surface area contributed by atoms with Gasteiger partial charge in [0.05, 0.1) is 12.6 Å².